The smallest absolute Gasteiger partial charge is 0.335 e. The maximum atomic E-state index is 13.4. The van der Waals surface area contributed by atoms with E-state index in [1.54, 1.807) is 47.4 Å². The largest absolute Gasteiger partial charge is 0.384 e. The number of hydrogen-bond donors (Lipinski definition) is 3. The molecule has 0 unspecified atom stereocenters. The number of amidine groups is 1. The van der Waals surface area contributed by atoms with Crippen LogP contribution in [-0.2, 0) is 16.6 Å². The standard InChI is InChI=1S/C25H29N5O3S/c26-24(27)21-11-9-19(10-12-21)18-30(25(31)29-15-5-1-2-6-16-29)28-34(32,33)23-14-13-20-7-3-4-8-22(20)17-23/h3-4,7-14,17,28H,1-2,5-6,15-16,18H2,(H3,26,27). The number of rotatable bonds is 6. The molecular formula is C25H29N5O3S. The molecule has 2 amide bonds. The molecule has 0 aromatic heterocycles. The van der Waals surface area contributed by atoms with E-state index in [0.29, 0.717) is 18.7 Å². The molecule has 0 radical (unpaired) electrons. The predicted octanol–water partition coefficient (Wildman–Crippen LogP) is 3.82. The van der Waals surface area contributed by atoms with Gasteiger partial charge in [0.1, 0.15) is 5.84 Å². The van der Waals surface area contributed by atoms with Crippen LogP contribution in [0.15, 0.2) is 71.6 Å². The minimum atomic E-state index is -4.01. The van der Waals surface area contributed by atoms with Crippen molar-refractivity contribution in [2.75, 3.05) is 13.1 Å². The van der Waals surface area contributed by atoms with Gasteiger partial charge in [0.15, 0.2) is 0 Å². The molecule has 1 fully saturated rings. The number of fused-ring (bicyclic) bond motifs is 1. The highest BCUT2D eigenvalue weighted by Crippen LogP contribution is 2.20. The van der Waals surface area contributed by atoms with Crippen molar-refractivity contribution in [2.45, 2.75) is 37.1 Å². The van der Waals surface area contributed by atoms with E-state index in [-0.39, 0.29) is 23.3 Å². The van der Waals surface area contributed by atoms with Crippen LogP contribution >= 0.6 is 0 Å². The summed E-state index contributed by atoms with van der Waals surface area (Å²) in [5.41, 5.74) is 6.81. The van der Waals surface area contributed by atoms with E-state index >= 15 is 0 Å². The molecular weight excluding hydrogens is 450 g/mol. The fraction of sp³-hybridized carbons (Fsp3) is 0.280. The number of benzene rings is 3. The van der Waals surface area contributed by atoms with Gasteiger partial charge in [-0.1, -0.05) is 67.4 Å². The maximum Gasteiger partial charge on any atom is 0.335 e. The first-order valence-electron chi connectivity index (χ1n) is 11.3. The molecule has 0 saturated carbocycles. The van der Waals surface area contributed by atoms with Crippen LogP contribution in [0.4, 0.5) is 4.79 Å². The molecule has 4 N–H and O–H groups in total. The lowest BCUT2D eigenvalue weighted by atomic mass is 10.1. The Morgan fingerprint density at radius 1 is 0.941 bits per heavy atom. The van der Waals surface area contributed by atoms with E-state index in [0.717, 1.165) is 42.0 Å². The van der Waals surface area contributed by atoms with E-state index < -0.39 is 10.0 Å². The molecule has 0 aliphatic carbocycles. The Balaban J connectivity index is 1.62. The second-order valence-electron chi connectivity index (χ2n) is 8.48. The molecule has 1 heterocycles. The Bertz CT molecular complexity index is 1280. The number of hydrogen-bond acceptors (Lipinski definition) is 4. The number of nitrogen functional groups attached to an aromatic ring is 1. The van der Waals surface area contributed by atoms with E-state index in [1.807, 2.05) is 24.3 Å². The van der Waals surface area contributed by atoms with Crippen molar-refractivity contribution in [3.05, 3.63) is 77.9 Å². The van der Waals surface area contributed by atoms with Gasteiger partial charge in [-0.25, -0.2) is 18.2 Å². The number of nitrogens with two attached hydrogens (primary N) is 1. The number of urea groups is 1. The van der Waals surface area contributed by atoms with Crippen LogP contribution in [0, 0.1) is 5.41 Å². The van der Waals surface area contributed by atoms with Gasteiger partial charge < -0.3 is 10.6 Å². The van der Waals surface area contributed by atoms with Crippen molar-refractivity contribution in [1.29, 1.82) is 5.41 Å². The molecule has 1 saturated heterocycles. The summed E-state index contributed by atoms with van der Waals surface area (Å²) >= 11 is 0. The third-order valence-electron chi connectivity index (χ3n) is 5.97. The average molecular weight is 480 g/mol. The lowest BCUT2D eigenvalue weighted by molar-refractivity contribution is 0.142. The summed E-state index contributed by atoms with van der Waals surface area (Å²) in [6.07, 6.45) is 3.90. The lowest BCUT2D eigenvalue weighted by Crippen LogP contribution is -2.51. The van der Waals surface area contributed by atoms with Gasteiger partial charge in [-0.2, -0.15) is 0 Å². The summed E-state index contributed by atoms with van der Waals surface area (Å²) in [7, 11) is -4.01. The topological polar surface area (TPSA) is 120 Å². The number of sulfonamides is 1. The quantitative estimate of drug-likeness (QED) is 0.283. The number of carbonyl (C=O) groups excluding carboxylic acids is 1. The molecule has 1 aliphatic heterocycles. The van der Waals surface area contributed by atoms with E-state index in [2.05, 4.69) is 4.83 Å². The van der Waals surface area contributed by atoms with Gasteiger partial charge in [-0.15, -0.1) is 4.83 Å². The van der Waals surface area contributed by atoms with Crippen LogP contribution in [0.3, 0.4) is 0 Å². The molecule has 0 bridgehead atoms. The highest BCUT2D eigenvalue weighted by molar-refractivity contribution is 7.89. The molecule has 3 aromatic rings. The van der Waals surface area contributed by atoms with Crippen LogP contribution in [0.1, 0.15) is 36.8 Å². The predicted molar refractivity (Wildman–Crippen MR) is 133 cm³/mol. The van der Waals surface area contributed by atoms with Crippen LogP contribution in [0.2, 0.25) is 0 Å². The molecule has 8 nitrogen and oxygen atoms in total. The first-order valence-corrected chi connectivity index (χ1v) is 12.8. The van der Waals surface area contributed by atoms with E-state index in [1.165, 1.54) is 5.01 Å². The normalized spacial score (nSPS) is 14.5. The van der Waals surface area contributed by atoms with Crippen molar-refractivity contribution in [3.8, 4) is 0 Å². The lowest BCUT2D eigenvalue weighted by Gasteiger charge is -2.30. The molecule has 1 aliphatic rings. The zero-order valence-electron chi connectivity index (χ0n) is 18.9. The summed E-state index contributed by atoms with van der Waals surface area (Å²) in [4.78, 5) is 17.7. The Morgan fingerprint density at radius 2 is 1.59 bits per heavy atom. The fourth-order valence-corrected chi connectivity index (χ4v) is 5.14. The van der Waals surface area contributed by atoms with Gasteiger partial charge in [-0.05, 0) is 41.3 Å². The third kappa shape index (κ3) is 5.55. The fourth-order valence-electron chi connectivity index (χ4n) is 4.08. The Hall–Kier alpha value is -3.43. The Labute approximate surface area is 199 Å². The van der Waals surface area contributed by atoms with Crippen molar-refractivity contribution < 1.29 is 13.2 Å². The van der Waals surface area contributed by atoms with Gasteiger partial charge in [0.05, 0.1) is 11.4 Å². The van der Waals surface area contributed by atoms with Gasteiger partial charge in [-0.3, -0.25) is 5.41 Å². The minimum Gasteiger partial charge on any atom is -0.384 e. The van der Waals surface area contributed by atoms with Crippen molar-refractivity contribution in [2.24, 2.45) is 5.73 Å². The maximum absolute atomic E-state index is 13.4. The van der Waals surface area contributed by atoms with Gasteiger partial charge >= 0.3 is 6.03 Å². The number of nitrogens with zero attached hydrogens (tertiary/aromatic N) is 2. The second kappa shape index (κ2) is 10.2. The number of carbonyl (C=O) groups is 1. The summed E-state index contributed by atoms with van der Waals surface area (Å²) in [5.74, 6) is -0.0546. The molecule has 34 heavy (non-hydrogen) atoms. The molecule has 3 aromatic carbocycles. The highest BCUT2D eigenvalue weighted by Gasteiger charge is 2.27. The summed E-state index contributed by atoms with van der Waals surface area (Å²) < 4.78 is 26.6. The van der Waals surface area contributed by atoms with Crippen molar-refractivity contribution in [1.82, 2.24) is 14.7 Å². The molecule has 4 rings (SSSR count). The van der Waals surface area contributed by atoms with Crippen LogP contribution < -0.4 is 10.6 Å². The number of hydrazine groups is 1. The first kappa shape index (κ1) is 23.7. The first-order chi connectivity index (χ1) is 16.3. The van der Waals surface area contributed by atoms with E-state index in [4.69, 9.17) is 11.1 Å². The third-order valence-corrected chi connectivity index (χ3v) is 7.31. The number of likely N-dealkylation sites (tertiary alicyclic amines) is 1. The van der Waals surface area contributed by atoms with Crippen molar-refractivity contribution in [3.63, 3.8) is 0 Å². The zero-order chi connectivity index (χ0) is 24.1. The van der Waals surface area contributed by atoms with E-state index in [9.17, 15) is 13.2 Å². The van der Waals surface area contributed by atoms with Gasteiger partial charge in [0, 0.05) is 18.7 Å². The van der Waals surface area contributed by atoms with Gasteiger partial charge in [0.25, 0.3) is 10.0 Å². The van der Waals surface area contributed by atoms with Gasteiger partial charge in [0.2, 0.25) is 0 Å². The molecule has 0 spiro atoms. The Morgan fingerprint density at radius 3 is 2.24 bits per heavy atom. The number of nitrogens with one attached hydrogen (secondary N) is 2. The summed E-state index contributed by atoms with van der Waals surface area (Å²) in [6, 6.07) is 18.9. The van der Waals surface area contributed by atoms with Crippen LogP contribution in [0.25, 0.3) is 10.8 Å². The average Bonchev–Trinajstić information content (AvgIpc) is 3.13. The number of amides is 2. The minimum absolute atomic E-state index is 0.0420. The van der Waals surface area contributed by atoms with Crippen LogP contribution in [0.5, 0.6) is 0 Å². The van der Waals surface area contributed by atoms with Crippen molar-refractivity contribution >= 4 is 32.7 Å². The second-order valence-corrected chi connectivity index (χ2v) is 10.1. The SMILES string of the molecule is N=C(N)c1ccc(CN(NS(=O)(=O)c2ccc3ccccc3c2)C(=O)N2CCCCCC2)cc1. The summed E-state index contributed by atoms with van der Waals surface area (Å²) in [5, 5.41) is 10.5. The zero-order valence-corrected chi connectivity index (χ0v) is 19.7. The summed E-state index contributed by atoms with van der Waals surface area (Å²) in [6.45, 7) is 1.23. The molecule has 178 valence electrons. The molecule has 9 heteroatoms. The monoisotopic (exact) mass is 479 g/mol. The highest BCUT2D eigenvalue weighted by atomic mass is 32.2. The van der Waals surface area contributed by atoms with Crippen LogP contribution in [-0.4, -0.2) is 43.3 Å². The molecule has 0 atom stereocenters. The Kier molecular flexibility index (Phi) is 7.14.